The molecule has 1 aliphatic heterocycles. The summed E-state index contributed by atoms with van der Waals surface area (Å²) in [6, 6.07) is 1.05. The van der Waals surface area contributed by atoms with Crippen molar-refractivity contribution in [3.8, 4) is 0 Å². The number of carbonyl (C=O) groups excluding carboxylic acids is 1. The first-order chi connectivity index (χ1) is 7.91. The molecule has 1 aliphatic rings. The predicted molar refractivity (Wildman–Crippen MR) is 71.0 cm³/mol. The Labute approximate surface area is 105 Å². The minimum Gasteiger partial charge on any atom is -0.337 e. The van der Waals surface area contributed by atoms with Crippen LogP contribution in [0.1, 0.15) is 34.6 Å². The van der Waals surface area contributed by atoms with Gasteiger partial charge in [0.25, 0.3) is 0 Å². The van der Waals surface area contributed by atoms with Gasteiger partial charge in [0.1, 0.15) is 0 Å². The number of amides is 1. The second-order valence-corrected chi connectivity index (χ2v) is 5.58. The summed E-state index contributed by atoms with van der Waals surface area (Å²) in [6.45, 7) is 14.0. The van der Waals surface area contributed by atoms with E-state index in [1.807, 2.05) is 4.90 Å². The van der Waals surface area contributed by atoms with E-state index >= 15 is 0 Å². The fourth-order valence-electron chi connectivity index (χ4n) is 2.60. The fourth-order valence-corrected chi connectivity index (χ4v) is 2.60. The maximum Gasteiger partial charge on any atom is 0.237 e. The first-order valence-electron chi connectivity index (χ1n) is 6.68. The molecule has 17 heavy (non-hydrogen) atoms. The molecule has 1 saturated heterocycles. The van der Waals surface area contributed by atoms with Crippen LogP contribution in [0.15, 0.2) is 0 Å². The van der Waals surface area contributed by atoms with Gasteiger partial charge in [-0.25, -0.2) is 0 Å². The minimum atomic E-state index is 0.254. The van der Waals surface area contributed by atoms with E-state index < -0.39 is 0 Å². The van der Waals surface area contributed by atoms with Gasteiger partial charge in [0, 0.05) is 37.8 Å². The monoisotopic (exact) mass is 241 g/mol. The summed E-state index contributed by atoms with van der Waals surface area (Å²) in [5.41, 5.74) is 0. The maximum absolute atomic E-state index is 12.3. The first-order valence-corrected chi connectivity index (χ1v) is 6.68. The van der Waals surface area contributed by atoms with Crippen LogP contribution in [0, 0.1) is 0 Å². The van der Waals surface area contributed by atoms with Crippen molar-refractivity contribution >= 4 is 5.91 Å². The Morgan fingerprint density at radius 3 is 2.41 bits per heavy atom. The highest BCUT2D eigenvalue weighted by Crippen LogP contribution is 2.07. The van der Waals surface area contributed by atoms with Crippen molar-refractivity contribution in [2.75, 3.05) is 26.2 Å². The zero-order chi connectivity index (χ0) is 13.0. The molecule has 0 aromatic rings. The second-order valence-electron chi connectivity index (χ2n) is 5.58. The van der Waals surface area contributed by atoms with Crippen LogP contribution in [-0.4, -0.2) is 60.0 Å². The number of carbonyl (C=O) groups is 1. The smallest absolute Gasteiger partial charge is 0.237 e. The summed E-state index contributed by atoms with van der Waals surface area (Å²) < 4.78 is 0. The molecule has 4 heteroatoms. The Kier molecular flexibility index (Phi) is 5.40. The van der Waals surface area contributed by atoms with Crippen molar-refractivity contribution < 1.29 is 4.79 Å². The number of hydrogen-bond donors (Lipinski definition) is 1. The molecule has 1 fully saturated rings. The summed E-state index contributed by atoms with van der Waals surface area (Å²) in [6.07, 6.45) is 0. The van der Waals surface area contributed by atoms with Gasteiger partial charge in [0.2, 0.25) is 5.91 Å². The van der Waals surface area contributed by atoms with Crippen LogP contribution < -0.4 is 5.32 Å². The van der Waals surface area contributed by atoms with Crippen LogP contribution in [0.4, 0.5) is 0 Å². The highest BCUT2D eigenvalue weighted by atomic mass is 16.2. The molecule has 0 spiro atoms. The van der Waals surface area contributed by atoms with Gasteiger partial charge in [0.15, 0.2) is 0 Å². The topological polar surface area (TPSA) is 35.6 Å². The van der Waals surface area contributed by atoms with Crippen molar-refractivity contribution in [2.24, 2.45) is 0 Å². The lowest BCUT2D eigenvalue weighted by Crippen LogP contribution is -2.53. The van der Waals surface area contributed by atoms with E-state index in [-0.39, 0.29) is 18.0 Å². The molecule has 1 atom stereocenters. The zero-order valence-corrected chi connectivity index (χ0v) is 11.9. The third-order valence-electron chi connectivity index (χ3n) is 3.21. The Morgan fingerprint density at radius 1 is 1.35 bits per heavy atom. The van der Waals surface area contributed by atoms with Crippen molar-refractivity contribution in [3.63, 3.8) is 0 Å². The van der Waals surface area contributed by atoms with Gasteiger partial charge in [-0.1, -0.05) is 0 Å². The van der Waals surface area contributed by atoms with Crippen LogP contribution in [0.2, 0.25) is 0 Å². The number of piperazine rings is 1. The maximum atomic E-state index is 12.3. The molecular formula is C13H27N3O. The molecule has 1 rings (SSSR count). The molecular weight excluding hydrogens is 214 g/mol. The molecule has 0 aliphatic carbocycles. The van der Waals surface area contributed by atoms with E-state index in [2.05, 4.69) is 44.8 Å². The molecule has 0 aromatic carbocycles. The molecule has 1 heterocycles. The molecule has 0 saturated carbocycles. The van der Waals surface area contributed by atoms with Gasteiger partial charge in [0.05, 0.1) is 6.54 Å². The van der Waals surface area contributed by atoms with Crippen molar-refractivity contribution in [1.82, 2.24) is 15.1 Å². The van der Waals surface area contributed by atoms with E-state index in [9.17, 15) is 4.79 Å². The van der Waals surface area contributed by atoms with Crippen LogP contribution >= 0.6 is 0 Å². The van der Waals surface area contributed by atoms with E-state index in [0.29, 0.717) is 12.6 Å². The largest absolute Gasteiger partial charge is 0.337 e. The van der Waals surface area contributed by atoms with E-state index in [1.54, 1.807) is 0 Å². The number of rotatable bonds is 4. The molecule has 1 amide bonds. The van der Waals surface area contributed by atoms with Crippen LogP contribution in [0.25, 0.3) is 0 Å². The molecule has 0 radical (unpaired) electrons. The van der Waals surface area contributed by atoms with Gasteiger partial charge in [-0.2, -0.15) is 0 Å². The normalized spacial score (nSPS) is 22.2. The molecule has 100 valence electrons. The fraction of sp³-hybridized carbons (Fsp3) is 0.923. The standard InChI is InChI=1S/C13H27N3O/c1-10(2)16(11(3)4)13(17)9-15-7-6-14-12(5)8-15/h10-12,14H,6-9H2,1-5H3/t12-/m0/s1. The van der Waals surface area contributed by atoms with E-state index in [1.165, 1.54) is 0 Å². The van der Waals surface area contributed by atoms with Crippen LogP contribution in [0.3, 0.4) is 0 Å². The lowest BCUT2D eigenvalue weighted by molar-refractivity contribution is -0.136. The highest BCUT2D eigenvalue weighted by molar-refractivity contribution is 5.78. The Morgan fingerprint density at radius 2 is 1.94 bits per heavy atom. The van der Waals surface area contributed by atoms with Gasteiger partial charge in [-0.05, 0) is 34.6 Å². The summed E-state index contributed by atoms with van der Waals surface area (Å²) >= 11 is 0. The van der Waals surface area contributed by atoms with Gasteiger partial charge in [-0.15, -0.1) is 0 Å². The average Bonchev–Trinajstić information content (AvgIpc) is 2.15. The third-order valence-corrected chi connectivity index (χ3v) is 3.21. The lowest BCUT2D eigenvalue weighted by atomic mass is 10.2. The average molecular weight is 241 g/mol. The van der Waals surface area contributed by atoms with Gasteiger partial charge < -0.3 is 10.2 Å². The number of nitrogens with one attached hydrogen (secondary N) is 1. The van der Waals surface area contributed by atoms with E-state index in [4.69, 9.17) is 0 Å². The zero-order valence-electron chi connectivity index (χ0n) is 11.9. The van der Waals surface area contributed by atoms with Crippen LogP contribution in [0.5, 0.6) is 0 Å². The van der Waals surface area contributed by atoms with E-state index in [0.717, 1.165) is 19.6 Å². The second kappa shape index (κ2) is 6.36. The Hall–Kier alpha value is -0.610. The summed E-state index contributed by atoms with van der Waals surface area (Å²) in [7, 11) is 0. The SMILES string of the molecule is CC(C)N(C(=O)CN1CCN[C@@H](C)C1)C(C)C. The summed E-state index contributed by atoms with van der Waals surface area (Å²) in [5, 5.41) is 3.39. The molecule has 4 nitrogen and oxygen atoms in total. The summed E-state index contributed by atoms with van der Waals surface area (Å²) in [4.78, 5) is 16.5. The quantitative estimate of drug-likeness (QED) is 0.795. The highest BCUT2D eigenvalue weighted by Gasteiger charge is 2.24. The molecule has 1 N–H and O–H groups in total. The summed E-state index contributed by atoms with van der Waals surface area (Å²) in [5.74, 6) is 0.254. The molecule has 0 aromatic heterocycles. The molecule has 0 bridgehead atoms. The van der Waals surface area contributed by atoms with Crippen molar-refractivity contribution in [3.05, 3.63) is 0 Å². The number of nitrogens with zero attached hydrogens (tertiary/aromatic N) is 2. The molecule has 0 unspecified atom stereocenters. The van der Waals surface area contributed by atoms with Gasteiger partial charge >= 0.3 is 0 Å². The van der Waals surface area contributed by atoms with Crippen LogP contribution in [-0.2, 0) is 4.79 Å². The Bertz CT molecular complexity index is 245. The van der Waals surface area contributed by atoms with Crippen molar-refractivity contribution in [2.45, 2.75) is 52.7 Å². The van der Waals surface area contributed by atoms with Crippen molar-refractivity contribution in [1.29, 1.82) is 0 Å². The predicted octanol–water partition coefficient (Wildman–Crippen LogP) is 0.926. The third kappa shape index (κ3) is 4.28. The first kappa shape index (κ1) is 14.5. The minimum absolute atomic E-state index is 0.254. The lowest BCUT2D eigenvalue weighted by Gasteiger charge is -2.36. The van der Waals surface area contributed by atoms with Gasteiger partial charge in [-0.3, -0.25) is 9.69 Å². The number of hydrogen-bond acceptors (Lipinski definition) is 3. The Balaban J connectivity index is 2.51.